The molecule has 2 heteroatoms. The summed E-state index contributed by atoms with van der Waals surface area (Å²) in [6.07, 6.45) is 1.57. The van der Waals surface area contributed by atoms with E-state index in [2.05, 4.69) is 45.0 Å². The maximum atomic E-state index is 10.5. The van der Waals surface area contributed by atoms with Gasteiger partial charge < -0.3 is 5.11 Å². The standard InChI is InChI=1S/C17H20OS/c1-4-13-10(2)19-11(3)16(13)17-14-8-6-5-7-12(14)9-15(17)18/h5-8,15,17-18H,4,9H2,1-3H3. The molecule has 3 rings (SSSR count). The lowest BCUT2D eigenvalue weighted by atomic mass is 9.87. The van der Waals surface area contributed by atoms with Crippen LogP contribution in [0.5, 0.6) is 0 Å². The van der Waals surface area contributed by atoms with Crippen LogP contribution in [0.15, 0.2) is 24.3 Å². The van der Waals surface area contributed by atoms with Crippen molar-refractivity contribution >= 4 is 11.3 Å². The molecule has 1 aromatic heterocycles. The van der Waals surface area contributed by atoms with Crippen LogP contribution in [0.4, 0.5) is 0 Å². The van der Waals surface area contributed by atoms with E-state index in [1.807, 2.05) is 11.3 Å². The molecule has 0 bridgehead atoms. The molecule has 19 heavy (non-hydrogen) atoms. The lowest BCUT2D eigenvalue weighted by Crippen LogP contribution is -2.16. The van der Waals surface area contributed by atoms with Gasteiger partial charge in [0, 0.05) is 15.7 Å². The Morgan fingerprint density at radius 2 is 1.95 bits per heavy atom. The van der Waals surface area contributed by atoms with Crippen LogP contribution in [0.3, 0.4) is 0 Å². The predicted molar refractivity (Wildman–Crippen MR) is 81.2 cm³/mol. The maximum absolute atomic E-state index is 10.5. The lowest BCUT2D eigenvalue weighted by Gasteiger charge is -2.18. The molecule has 0 spiro atoms. The van der Waals surface area contributed by atoms with Gasteiger partial charge in [-0.15, -0.1) is 11.3 Å². The van der Waals surface area contributed by atoms with E-state index in [0.717, 1.165) is 12.8 Å². The first kappa shape index (κ1) is 12.9. The Balaban J connectivity index is 2.17. The number of thiophene rings is 1. The second-order valence-electron chi connectivity index (χ2n) is 5.41. The predicted octanol–water partition coefficient (Wildman–Crippen LogP) is 3.98. The normalized spacial score (nSPS) is 21.7. The highest BCUT2D eigenvalue weighted by atomic mass is 32.1. The molecular weight excluding hydrogens is 252 g/mol. The number of benzene rings is 1. The van der Waals surface area contributed by atoms with Gasteiger partial charge in [-0.3, -0.25) is 0 Å². The fourth-order valence-corrected chi connectivity index (χ4v) is 4.71. The molecule has 2 unspecified atom stereocenters. The third-order valence-electron chi connectivity index (χ3n) is 4.30. The van der Waals surface area contributed by atoms with E-state index in [9.17, 15) is 5.11 Å². The topological polar surface area (TPSA) is 20.2 Å². The summed E-state index contributed by atoms with van der Waals surface area (Å²) in [5.41, 5.74) is 5.47. The minimum Gasteiger partial charge on any atom is -0.392 e. The summed E-state index contributed by atoms with van der Waals surface area (Å²) in [4.78, 5) is 2.78. The van der Waals surface area contributed by atoms with Crippen LogP contribution in [0, 0.1) is 13.8 Å². The zero-order chi connectivity index (χ0) is 13.6. The van der Waals surface area contributed by atoms with Gasteiger partial charge in [0.15, 0.2) is 0 Å². The minimum absolute atomic E-state index is 0.177. The van der Waals surface area contributed by atoms with Gasteiger partial charge in [-0.25, -0.2) is 0 Å². The second-order valence-corrected chi connectivity index (χ2v) is 6.84. The maximum Gasteiger partial charge on any atom is 0.0690 e. The quantitative estimate of drug-likeness (QED) is 0.877. The van der Waals surface area contributed by atoms with Crippen LogP contribution in [0.1, 0.15) is 44.8 Å². The molecule has 1 nitrogen and oxygen atoms in total. The zero-order valence-electron chi connectivity index (χ0n) is 11.7. The fraction of sp³-hybridized carbons (Fsp3) is 0.412. The highest BCUT2D eigenvalue weighted by molar-refractivity contribution is 7.12. The molecule has 1 aromatic carbocycles. The van der Waals surface area contributed by atoms with Crippen LogP contribution in [0.2, 0.25) is 0 Å². The van der Waals surface area contributed by atoms with Crippen molar-refractivity contribution in [2.45, 2.75) is 45.6 Å². The molecular formula is C17H20OS. The van der Waals surface area contributed by atoms with Gasteiger partial charge >= 0.3 is 0 Å². The number of hydrogen-bond acceptors (Lipinski definition) is 2. The van der Waals surface area contributed by atoms with Crippen molar-refractivity contribution in [1.82, 2.24) is 0 Å². The number of aliphatic hydroxyl groups excluding tert-OH is 1. The van der Waals surface area contributed by atoms with E-state index in [1.54, 1.807) is 0 Å². The van der Waals surface area contributed by atoms with Crippen LogP contribution < -0.4 is 0 Å². The Morgan fingerprint density at radius 1 is 1.21 bits per heavy atom. The largest absolute Gasteiger partial charge is 0.392 e. The van der Waals surface area contributed by atoms with Gasteiger partial charge in [0.25, 0.3) is 0 Å². The van der Waals surface area contributed by atoms with Gasteiger partial charge in [-0.2, -0.15) is 0 Å². The Kier molecular flexibility index (Phi) is 3.23. The molecule has 2 atom stereocenters. The van der Waals surface area contributed by atoms with Crippen molar-refractivity contribution in [1.29, 1.82) is 0 Å². The lowest BCUT2D eigenvalue weighted by molar-refractivity contribution is 0.169. The molecule has 1 aliphatic carbocycles. The monoisotopic (exact) mass is 272 g/mol. The summed E-state index contributed by atoms with van der Waals surface area (Å²) in [6.45, 7) is 6.61. The summed E-state index contributed by atoms with van der Waals surface area (Å²) >= 11 is 1.87. The van der Waals surface area contributed by atoms with Crippen LogP contribution in [0.25, 0.3) is 0 Å². The van der Waals surface area contributed by atoms with E-state index in [-0.39, 0.29) is 12.0 Å². The third kappa shape index (κ3) is 1.94. The molecule has 0 aliphatic heterocycles. The Hall–Kier alpha value is -1.12. The van der Waals surface area contributed by atoms with Gasteiger partial charge in [-0.05, 0) is 48.9 Å². The molecule has 100 valence electrons. The summed E-state index contributed by atoms with van der Waals surface area (Å²) in [7, 11) is 0. The van der Waals surface area contributed by atoms with E-state index in [4.69, 9.17) is 0 Å². The molecule has 0 fully saturated rings. The molecule has 1 heterocycles. The Morgan fingerprint density at radius 3 is 2.68 bits per heavy atom. The van der Waals surface area contributed by atoms with Crippen LogP contribution in [-0.4, -0.2) is 11.2 Å². The van der Waals surface area contributed by atoms with E-state index < -0.39 is 0 Å². The molecule has 0 saturated carbocycles. The summed E-state index contributed by atoms with van der Waals surface area (Å²) in [6, 6.07) is 8.49. The SMILES string of the molecule is CCc1c(C)sc(C)c1C1c2ccccc2CC1O. The van der Waals surface area contributed by atoms with Gasteiger partial charge in [0.05, 0.1) is 6.10 Å². The van der Waals surface area contributed by atoms with Crippen molar-refractivity contribution in [3.05, 3.63) is 56.3 Å². The van der Waals surface area contributed by atoms with Crippen LogP contribution >= 0.6 is 11.3 Å². The molecule has 0 amide bonds. The smallest absolute Gasteiger partial charge is 0.0690 e. The van der Waals surface area contributed by atoms with Gasteiger partial charge in [0.1, 0.15) is 0 Å². The van der Waals surface area contributed by atoms with Crippen LogP contribution in [-0.2, 0) is 12.8 Å². The first-order chi connectivity index (χ1) is 9.13. The third-order valence-corrected chi connectivity index (χ3v) is 5.38. The molecule has 0 saturated heterocycles. The number of rotatable bonds is 2. The Bertz CT molecular complexity index is 612. The van der Waals surface area contributed by atoms with Crippen molar-refractivity contribution < 1.29 is 5.11 Å². The number of aryl methyl sites for hydroxylation is 2. The summed E-state index contributed by atoms with van der Waals surface area (Å²) in [5, 5.41) is 10.5. The van der Waals surface area contributed by atoms with Crippen molar-refractivity contribution in [3.8, 4) is 0 Å². The molecule has 2 aromatic rings. The van der Waals surface area contributed by atoms with Gasteiger partial charge in [-0.1, -0.05) is 31.2 Å². The van der Waals surface area contributed by atoms with E-state index >= 15 is 0 Å². The Labute approximate surface area is 118 Å². The highest BCUT2D eigenvalue weighted by Gasteiger charge is 2.35. The van der Waals surface area contributed by atoms with E-state index in [1.165, 1.54) is 32.0 Å². The molecule has 1 N–H and O–H groups in total. The van der Waals surface area contributed by atoms with E-state index in [0.29, 0.717) is 0 Å². The first-order valence-electron chi connectivity index (χ1n) is 6.98. The average molecular weight is 272 g/mol. The number of hydrogen-bond donors (Lipinski definition) is 1. The number of fused-ring (bicyclic) bond motifs is 1. The minimum atomic E-state index is -0.268. The molecule has 1 aliphatic rings. The summed E-state index contributed by atoms with van der Waals surface area (Å²) in [5.74, 6) is 0.177. The van der Waals surface area contributed by atoms with Crippen molar-refractivity contribution in [2.75, 3.05) is 0 Å². The second kappa shape index (κ2) is 4.77. The van der Waals surface area contributed by atoms with Crippen molar-refractivity contribution in [2.24, 2.45) is 0 Å². The van der Waals surface area contributed by atoms with Crippen molar-refractivity contribution in [3.63, 3.8) is 0 Å². The first-order valence-corrected chi connectivity index (χ1v) is 7.79. The average Bonchev–Trinajstić information content (AvgIpc) is 2.84. The highest BCUT2D eigenvalue weighted by Crippen LogP contribution is 2.44. The molecule has 0 radical (unpaired) electrons. The fourth-order valence-electron chi connectivity index (χ4n) is 3.52. The summed E-state index contributed by atoms with van der Waals surface area (Å²) < 4.78 is 0. The number of aliphatic hydroxyl groups is 1. The zero-order valence-corrected chi connectivity index (χ0v) is 12.6. The van der Waals surface area contributed by atoms with Gasteiger partial charge in [0.2, 0.25) is 0 Å².